The quantitative estimate of drug-likeness (QED) is 0.692. The summed E-state index contributed by atoms with van der Waals surface area (Å²) in [5.74, 6) is -0.971. The van der Waals surface area contributed by atoms with Gasteiger partial charge in [-0.2, -0.15) is 0 Å². The van der Waals surface area contributed by atoms with Gasteiger partial charge in [0.15, 0.2) is 0 Å². The molecule has 0 saturated carbocycles. The lowest BCUT2D eigenvalue weighted by molar-refractivity contribution is -0.141. The maximum absolute atomic E-state index is 12.1. The fourth-order valence-corrected chi connectivity index (χ4v) is 3.03. The molecule has 0 aliphatic carbocycles. The van der Waals surface area contributed by atoms with E-state index in [1.807, 2.05) is 0 Å². The summed E-state index contributed by atoms with van der Waals surface area (Å²) in [5, 5.41) is 12.0. The third-order valence-electron chi connectivity index (χ3n) is 4.27. The van der Waals surface area contributed by atoms with Crippen LogP contribution in [0.5, 0.6) is 0 Å². The lowest BCUT2D eigenvalue weighted by Gasteiger charge is -2.22. The number of carboxylic acids is 1. The zero-order valence-electron chi connectivity index (χ0n) is 12.6. The highest BCUT2D eigenvalue weighted by atomic mass is 16.5. The number of carboxylic acid groups (broad SMARTS) is 1. The first kappa shape index (κ1) is 16.0. The highest BCUT2D eigenvalue weighted by Gasteiger charge is 2.39. The minimum absolute atomic E-state index is 0.193. The van der Waals surface area contributed by atoms with Gasteiger partial charge in [-0.25, -0.2) is 9.59 Å². The lowest BCUT2D eigenvalue weighted by Crippen LogP contribution is -2.46. The van der Waals surface area contributed by atoms with Crippen LogP contribution >= 0.6 is 0 Å². The number of nitrogens with zero attached hydrogens (tertiary/aromatic N) is 2. The molecule has 2 aliphatic heterocycles. The zero-order chi connectivity index (χ0) is 15.2. The van der Waals surface area contributed by atoms with Gasteiger partial charge in [0.2, 0.25) is 0 Å². The summed E-state index contributed by atoms with van der Waals surface area (Å²) in [6.45, 7) is 4.21. The monoisotopic (exact) mass is 299 g/mol. The van der Waals surface area contributed by atoms with Crippen molar-refractivity contribution in [1.82, 2.24) is 15.1 Å². The van der Waals surface area contributed by atoms with Crippen LogP contribution in [0.15, 0.2) is 0 Å². The summed E-state index contributed by atoms with van der Waals surface area (Å²) in [6, 6.07) is -1.09. The Morgan fingerprint density at radius 1 is 1.33 bits per heavy atom. The molecule has 2 fully saturated rings. The maximum Gasteiger partial charge on any atom is 0.326 e. The molecule has 7 nitrogen and oxygen atoms in total. The summed E-state index contributed by atoms with van der Waals surface area (Å²) in [6.07, 6.45) is 3.58. The predicted molar refractivity (Wildman–Crippen MR) is 77.2 cm³/mol. The van der Waals surface area contributed by atoms with Crippen molar-refractivity contribution in [2.45, 2.75) is 37.8 Å². The number of nitrogens with one attached hydrogen (secondary N) is 1. The molecule has 0 aromatic rings. The first-order chi connectivity index (χ1) is 10.1. The van der Waals surface area contributed by atoms with Gasteiger partial charge in [0.25, 0.3) is 0 Å². The van der Waals surface area contributed by atoms with Crippen molar-refractivity contribution in [3.8, 4) is 0 Å². The number of ether oxygens (including phenoxy) is 1. The van der Waals surface area contributed by atoms with Crippen molar-refractivity contribution in [2.75, 3.05) is 39.8 Å². The van der Waals surface area contributed by atoms with E-state index in [1.165, 1.54) is 17.7 Å². The summed E-state index contributed by atoms with van der Waals surface area (Å²) in [7, 11) is 1.54. The standard InChI is InChI=1S/C14H25N3O4/c1-21-11-9-12(13(18)19)17(10-11)14(20)15-5-4-8-16-6-2-3-7-16/h11-12H,2-10H2,1H3,(H,15,20)(H,18,19). The molecular weight excluding hydrogens is 274 g/mol. The molecule has 0 bridgehead atoms. The molecule has 0 aromatic heterocycles. The van der Waals surface area contributed by atoms with Gasteiger partial charge in [0.05, 0.1) is 6.10 Å². The number of urea groups is 1. The third kappa shape index (κ3) is 4.31. The molecule has 0 spiro atoms. The van der Waals surface area contributed by atoms with Crippen LogP contribution in [0.1, 0.15) is 25.7 Å². The Morgan fingerprint density at radius 3 is 2.67 bits per heavy atom. The molecule has 2 amide bonds. The molecule has 2 saturated heterocycles. The van der Waals surface area contributed by atoms with Gasteiger partial charge in [0, 0.05) is 26.6 Å². The summed E-state index contributed by atoms with van der Waals surface area (Å²) < 4.78 is 5.17. The van der Waals surface area contributed by atoms with Crippen LogP contribution in [0.2, 0.25) is 0 Å². The van der Waals surface area contributed by atoms with Crippen molar-refractivity contribution in [3.63, 3.8) is 0 Å². The van der Waals surface area contributed by atoms with Crippen LogP contribution in [0.4, 0.5) is 4.79 Å². The second kappa shape index (κ2) is 7.61. The SMILES string of the molecule is COC1CC(C(=O)O)N(C(=O)NCCCN2CCCC2)C1. The average Bonchev–Trinajstić information content (AvgIpc) is 3.12. The van der Waals surface area contributed by atoms with E-state index in [0.29, 0.717) is 19.5 Å². The number of likely N-dealkylation sites (tertiary alicyclic amines) is 2. The Bertz CT molecular complexity index is 371. The van der Waals surface area contributed by atoms with Crippen LogP contribution in [0.3, 0.4) is 0 Å². The zero-order valence-corrected chi connectivity index (χ0v) is 12.6. The lowest BCUT2D eigenvalue weighted by atomic mass is 10.2. The van der Waals surface area contributed by atoms with Gasteiger partial charge in [-0.15, -0.1) is 0 Å². The molecule has 2 rings (SSSR count). The Morgan fingerprint density at radius 2 is 2.05 bits per heavy atom. The Kier molecular flexibility index (Phi) is 5.81. The van der Waals surface area contributed by atoms with Crippen LogP contribution < -0.4 is 5.32 Å². The number of carbonyl (C=O) groups excluding carboxylic acids is 1. The maximum atomic E-state index is 12.1. The molecule has 120 valence electrons. The van der Waals surface area contributed by atoms with Gasteiger partial charge < -0.3 is 25.0 Å². The van der Waals surface area contributed by atoms with Crippen LogP contribution in [-0.4, -0.2) is 78.9 Å². The normalized spacial score (nSPS) is 26.2. The van der Waals surface area contributed by atoms with Gasteiger partial charge >= 0.3 is 12.0 Å². The van der Waals surface area contributed by atoms with Crippen LogP contribution in [0.25, 0.3) is 0 Å². The molecular formula is C14H25N3O4. The molecule has 21 heavy (non-hydrogen) atoms. The van der Waals surface area contributed by atoms with E-state index in [0.717, 1.165) is 26.1 Å². The second-order valence-corrected chi connectivity index (χ2v) is 5.73. The summed E-state index contributed by atoms with van der Waals surface area (Å²) in [5.41, 5.74) is 0. The fraction of sp³-hybridized carbons (Fsp3) is 0.857. The van der Waals surface area contributed by atoms with Crippen molar-refractivity contribution in [1.29, 1.82) is 0 Å². The van der Waals surface area contributed by atoms with Gasteiger partial charge in [-0.3, -0.25) is 0 Å². The largest absolute Gasteiger partial charge is 0.480 e. The minimum Gasteiger partial charge on any atom is -0.480 e. The smallest absolute Gasteiger partial charge is 0.326 e. The number of hydrogen-bond acceptors (Lipinski definition) is 4. The molecule has 2 atom stereocenters. The molecule has 0 radical (unpaired) electrons. The van der Waals surface area contributed by atoms with E-state index >= 15 is 0 Å². The molecule has 2 heterocycles. The molecule has 2 N–H and O–H groups in total. The first-order valence-corrected chi connectivity index (χ1v) is 7.64. The van der Waals surface area contributed by atoms with Gasteiger partial charge in [0.1, 0.15) is 6.04 Å². The molecule has 2 aliphatic rings. The number of amides is 2. The predicted octanol–water partition coefficient (Wildman–Crippen LogP) is 0.356. The highest BCUT2D eigenvalue weighted by Crippen LogP contribution is 2.20. The van der Waals surface area contributed by atoms with E-state index in [4.69, 9.17) is 4.74 Å². The van der Waals surface area contributed by atoms with Crippen LogP contribution in [-0.2, 0) is 9.53 Å². The Hall–Kier alpha value is -1.34. The summed E-state index contributed by atoms with van der Waals surface area (Å²) in [4.78, 5) is 27.1. The van der Waals surface area contributed by atoms with Gasteiger partial charge in [-0.05, 0) is 38.9 Å². The van der Waals surface area contributed by atoms with E-state index in [2.05, 4.69) is 10.2 Å². The first-order valence-electron chi connectivity index (χ1n) is 7.64. The molecule has 0 aromatic carbocycles. The van der Waals surface area contributed by atoms with Crippen LogP contribution in [0, 0.1) is 0 Å². The molecule has 2 unspecified atom stereocenters. The Labute approximate surface area is 125 Å². The fourth-order valence-electron chi connectivity index (χ4n) is 3.03. The van der Waals surface area contributed by atoms with Crippen molar-refractivity contribution >= 4 is 12.0 Å². The number of methoxy groups -OCH3 is 1. The van der Waals surface area contributed by atoms with E-state index < -0.39 is 12.0 Å². The van der Waals surface area contributed by atoms with Crippen molar-refractivity contribution < 1.29 is 19.4 Å². The average molecular weight is 299 g/mol. The highest BCUT2D eigenvalue weighted by molar-refractivity contribution is 5.83. The third-order valence-corrected chi connectivity index (χ3v) is 4.27. The molecule has 7 heteroatoms. The second-order valence-electron chi connectivity index (χ2n) is 5.73. The number of rotatable bonds is 6. The van der Waals surface area contributed by atoms with Gasteiger partial charge in [-0.1, -0.05) is 0 Å². The van der Waals surface area contributed by atoms with Crippen molar-refractivity contribution in [2.24, 2.45) is 0 Å². The topological polar surface area (TPSA) is 82.1 Å². The van der Waals surface area contributed by atoms with E-state index in [9.17, 15) is 14.7 Å². The number of hydrogen-bond donors (Lipinski definition) is 2. The van der Waals surface area contributed by atoms with Crippen molar-refractivity contribution in [3.05, 3.63) is 0 Å². The van der Waals surface area contributed by atoms with E-state index in [1.54, 1.807) is 7.11 Å². The Balaban J connectivity index is 1.72. The van der Waals surface area contributed by atoms with E-state index in [-0.39, 0.29) is 12.1 Å². The minimum atomic E-state index is -0.971. The number of carbonyl (C=O) groups is 2. The summed E-state index contributed by atoms with van der Waals surface area (Å²) >= 11 is 0. The number of aliphatic carboxylic acids is 1.